The van der Waals surface area contributed by atoms with Gasteiger partial charge in [-0.2, -0.15) is 0 Å². The third kappa shape index (κ3) is 5.76. The Hall–Kier alpha value is -1.99. The fraction of sp³-hybridized carbons (Fsp3) is 0.364. The number of thioether (sulfide) groups is 1. The number of aryl methyl sites for hydroxylation is 1. The van der Waals surface area contributed by atoms with Crippen LogP contribution in [0, 0.1) is 6.92 Å². The molecule has 1 aliphatic rings. The molecular weight excluding hydrogens is 452 g/mol. The number of hydrogen-bond acceptors (Lipinski definition) is 4. The van der Waals surface area contributed by atoms with Crippen molar-refractivity contribution in [1.29, 1.82) is 0 Å². The Morgan fingerprint density at radius 2 is 2.07 bits per heavy atom. The summed E-state index contributed by atoms with van der Waals surface area (Å²) in [7, 11) is 1.65. The molecule has 1 N–H and O–H groups in total. The van der Waals surface area contributed by atoms with Crippen molar-refractivity contribution in [2.45, 2.75) is 25.8 Å². The molecule has 1 aliphatic heterocycles. The molecule has 1 fully saturated rings. The fourth-order valence-corrected chi connectivity index (χ4v) is 4.67. The topological polar surface area (TPSA) is 58.6 Å². The summed E-state index contributed by atoms with van der Waals surface area (Å²) in [5, 5.41) is 2.88. The Labute approximate surface area is 184 Å². The van der Waals surface area contributed by atoms with Gasteiger partial charge in [-0.3, -0.25) is 9.59 Å². The van der Waals surface area contributed by atoms with Crippen LogP contribution in [0.1, 0.15) is 30.0 Å². The molecule has 5 nitrogen and oxygen atoms in total. The number of nitrogens with one attached hydrogen (secondary N) is 1. The van der Waals surface area contributed by atoms with Gasteiger partial charge < -0.3 is 15.0 Å². The quantitative estimate of drug-likeness (QED) is 0.623. The molecule has 1 heterocycles. The highest BCUT2D eigenvalue weighted by Gasteiger charge is 2.31. The molecule has 0 aliphatic carbocycles. The predicted octanol–water partition coefficient (Wildman–Crippen LogP) is 4.80. The lowest BCUT2D eigenvalue weighted by molar-refractivity contribution is -0.129. The fourth-order valence-electron chi connectivity index (χ4n) is 3.59. The molecule has 1 saturated heterocycles. The molecule has 3 rings (SSSR count). The van der Waals surface area contributed by atoms with E-state index in [1.165, 1.54) is 11.8 Å². The Morgan fingerprint density at radius 1 is 1.24 bits per heavy atom. The first-order valence-corrected chi connectivity index (χ1v) is 11.5. The molecular formula is C22H25BrN2O3S. The normalized spacial score (nSPS) is 16.0. The summed E-state index contributed by atoms with van der Waals surface area (Å²) in [6.07, 6.45) is 1.88. The van der Waals surface area contributed by atoms with Crippen molar-refractivity contribution in [3.63, 3.8) is 0 Å². The van der Waals surface area contributed by atoms with E-state index in [-0.39, 0.29) is 29.4 Å². The van der Waals surface area contributed by atoms with E-state index in [0.29, 0.717) is 0 Å². The number of amides is 2. The Morgan fingerprint density at radius 3 is 2.83 bits per heavy atom. The summed E-state index contributed by atoms with van der Waals surface area (Å²) in [5.74, 6) is 1.29. The minimum absolute atomic E-state index is 0.0108. The van der Waals surface area contributed by atoms with Gasteiger partial charge in [0.05, 0.1) is 24.7 Å². The molecule has 0 spiro atoms. The van der Waals surface area contributed by atoms with Crippen LogP contribution < -0.4 is 10.1 Å². The van der Waals surface area contributed by atoms with E-state index in [9.17, 15) is 9.59 Å². The van der Waals surface area contributed by atoms with Crippen molar-refractivity contribution in [2.75, 3.05) is 30.5 Å². The van der Waals surface area contributed by atoms with E-state index >= 15 is 0 Å². The van der Waals surface area contributed by atoms with Crippen LogP contribution in [-0.2, 0) is 9.59 Å². The monoisotopic (exact) mass is 476 g/mol. The van der Waals surface area contributed by atoms with E-state index in [2.05, 4.69) is 21.2 Å². The van der Waals surface area contributed by atoms with Gasteiger partial charge in [0.2, 0.25) is 11.8 Å². The van der Waals surface area contributed by atoms with Gasteiger partial charge in [0.1, 0.15) is 5.75 Å². The molecule has 2 amide bonds. The van der Waals surface area contributed by atoms with E-state index in [4.69, 9.17) is 4.74 Å². The van der Waals surface area contributed by atoms with E-state index in [1.54, 1.807) is 7.11 Å². The molecule has 1 unspecified atom stereocenters. The van der Waals surface area contributed by atoms with Crippen molar-refractivity contribution >= 4 is 45.2 Å². The molecule has 0 bridgehead atoms. The number of likely N-dealkylation sites (tertiary alicyclic amines) is 1. The van der Waals surface area contributed by atoms with Crippen LogP contribution in [-0.4, -0.2) is 41.9 Å². The predicted molar refractivity (Wildman–Crippen MR) is 122 cm³/mol. The summed E-state index contributed by atoms with van der Waals surface area (Å²) in [6, 6.07) is 13.6. The number of anilines is 1. The first kappa shape index (κ1) is 21.7. The summed E-state index contributed by atoms with van der Waals surface area (Å²) in [4.78, 5) is 26.9. The van der Waals surface area contributed by atoms with Gasteiger partial charge in [-0.25, -0.2) is 0 Å². The van der Waals surface area contributed by atoms with Crippen molar-refractivity contribution in [1.82, 2.24) is 4.90 Å². The lowest BCUT2D eigenvalue weighted by Crippen LogP contribution is -2.32. The second-order valence-corrected chi connectivity index (χ2v) is 8.94. The number of carbonyl (C=O) groups is 2. The molecule has 0 saturated carbocycles. The molecule has 0 aromatic heterocycles. The molecule has 1 atom stereocenters. The zero-order valence-corrected chi connectivity index (χ0v) is 19.0. The first-order valence-electron chi connectivity index (χ1n) is 9.55. The standard InChI is InChI=1S/C22H25BrN2O3S/c1-15-5-3-6-17(11-15)24-21(26)13-29-14-22(27)25-10-4-7-19(25)18-12-16(23)8-9-20(18)28-2/h3,5-6,8-9,11-12,19H,4,7,10,13-14H2,1-2H3,(H,24,26). The molecule has 29 heavy (non-hydrogen) atoms. The second-order valence-electron chi connectivity index (χ2n) is 7.04. The number of halogens is 1. The summed E-state index contributed by atoms with van der Waals surface area (Å²) >= 11 is 4.86. The Bertz CT molecular complexity index is 890. The SMILES string of the molecule is COc1ccc(Br)cc1C1CCCN1C(=O)CSCC(=O)Nc1cccc(C)c1. The molecule has 2 aromatic rings. The highest BCUT2D eigenvalue weighted by Crippen LogP contribution is 2.38. The minimum atomic E-state index is -0.0972. The molecule has 154 valence electrons. The lowest BCUT2D eigenvalue weighted by atomic mass is 10.0. The first-order chi connectivity index (χ1) is 14.0. The van der Waals surface area contributed by atoms with Crippen LogP contribution in [0.2, 0.25) is 0 Å². The van der Waals surface area contributed by atoms with Gasteiger partial charge in [-0.05, 0) is 55.7 Å². The van der Waals surface area contributed by atoms with Crippen molar-refractivity contribution in [3.8, 4) is 5.75 Å². The smallest absolute Gasteiger partial charge is 0.234 e. The van der Waals surface area contributed by atoms with Gasteiger partial charge >= 0.3 is 0 Å². The summed E-state index contributed by atoms with van der Waals surface area (Å²) < 4.78 is 6.47. The maximum absolute atomic E-state index is 12.8. The van der Waals surface area contributed by atoms with Crippen molar-refractivity contribution in [2.24, 2.45) is 0 Å². The van der Waals surface area contributed by atoms with Gasteiger partial charge in [-0.1, -0.05) is 28.1 Å². The summed E-state index contributed by atoms with van der Waals surface area (Å²) in [5.41, 5.74) is 2.90. The van der Waals surface area contributed by atoms with Crippen LogP contribution >= 0.6 is 27.7 Å². The molecule has 0 radical (unpaired) electrons. The lowest BCUT2D eigenvalue weighted by Gasteiger charge is -2.26. The Kier molecular flexibility index (Phi) is 7.61. The molecule has 2 aromatic carbocycles. The van der Waals surface area contributed by atoms with Gasteiger partial charge in [0.15, 0.2) is 0 Å². The van der Waals surface area contributed by atoms with E-state index in [1.807, 2.05) is 54.3 Å². The van der Waals surface area contributed by atoms with Crippen LogP contribution in [0.15, 0.2) is 46.9 Å². The summed E-state index contributed by atoms with van der Waals surface area (Å²) in [6.45, 7) is 2.71. The zero-order valence-electron chi connectivity index (χ0n) is 16.6. The number of hydrogen-bond donors (Lipinski definition) is 1. The van der Waals surface area contributed by atoms with Gasteiger partial charge in [0, 0.05) is 22.3 Å². The van der Waals surface area contributed by atoms with Crippen LogP contribution in [0.4, 0.5) is 5.69 Å². The van der Waals surface area contributed by atoms with Crippen molar-refractivity contribution < 1.29 is 14.3 Å². The second kappa shape index (κ2) is 10.2. The number of ether oxygens (including phenoxy) is 1. The van der Waals surface area contributed by atoms with Crippen LogP contribution in [0.5, 0.6) is 5.75 Å². The van der Waals surface area contributed by atoms with E-state index < -0.39 is 0 Å². The maximum Gasteiger partial charge on any atom is 0.234 e. The Balaban J connectivity index is 1.55. The number of carbonyl (C=O) groups excluding carboxylic acids is 2. The highest BCUT2D eigenvalue weighted by molar-refractivity contribution is 9.10. The zero-order chi connectivity index (χ0) is 20.8. The largest absolute Gasteiger partial charge is 0.496 e. The highest BCUT2D eigenvalue weighted by atomic mass is 79.9. The van der Waals surface area contributed by atoms with Gasteiger partial charge in [0.25, 0.3) is 0 Å². The van der Waals surface area contributed by atoms with Crippen molar-refractivity contribution in [3.05, 3.63) is 58.1 Å². The third-order valence-corrected chi connectivity index (χ3v) is 6.30. The molecule has 7 heteroatoms. The number of benzene rings is 2. The van der Waals surface area contributed by atoms with Gasteiger partial charge in [-0.15, -0.1) is 11.8 Å². The third-order valence-electron chi connectivity index (χ3n) is 4.88. The average molecular weight is 477 g/mol. The van der Waals surface area contributed by atoms with Crippen LogP contribution in [0.25, 0.3) is 0 Å². The maximum atomic E-state index is 12.8. The van der Waals surface area contributed by atoms with E-state index in [0.717, 1.165) is 46.4 Å². The minimum Gasteiger partial charge on any atom is -0.496 e. The number of rotatable bonds is 7. The average Bonchev–Trinajstić information content (AvgIpc) is 3.17. The number of methoxy groups -OCH3 is 1. The van der Waals surface area contributed by atoms with Crippen LogP contribution in [0.3, 0.4) is 0 Å². The number of nitrogens with zero attached hydrogens (tertiary/aromatic N) is 1.